The van der Waals surface area contributed by atoms with Gasteiger partial charge in [0.15, 0.2) is 5.90 Å². The third-order valence-corrected chi connectivity index (χ3v) is 2.50. The largest absolute Gasteiger partial charge is 0.478 e. The molecule has 1 aliphatic heterocycles. The second-order valence-electron chi connectivity index (χ2n) is 4.74. The minimum absolute atomic E-state index is 0.0994. The molecule has 3 heteroatoms. The molecule has 0 fully saturated rings. The molecule has 0 aromatic heterocycles. The maximum Gasteiger partial charge on any atom is 0.194 e. The average Bonchev–Trinajstić information content (AvgIpc) is 2.68. The molecular formula is C12H17NO2. The highest BCUT2D eigenvalue weighted by Crippen LogP contribution is 2.22. The van der Waals surface area contributed by atoms with Crippen LogP contribution < -0.4 is 0 Å². The van der Waals surface area contributed by atoms with Gasteiger partial charge in [0.25, 0.3) is 0 Å². The Morgan fingerprint density at radius 1 is 1.47 bits per heavy atom. The number of rotatable bonds is 3. The van der Waals surface area contributed by atoms with Gasteiger partial charge in [0.1, 0.15) is 6.61 Å². The van der Waals surface area contributed by atoms with Crippen molar-refractivity contribution < 1.29 is 9.84 Å². The van der Waals surface area contributed by atoms with Gasteiger partial charge in [-0.3, -0.25) is 0 Å². The summed E-state index contributed by atoms with van der Waals surface area (Å²) < 4.78 is 5.53. The normalized spacial score (nSPS) is 25.8. The summed E-state index contributed by atoms with van der Waals surface area (Å²) in [5, 5.41) is 9.68. The summed E-state index contributed by atoms with van der Waals surface area (Å²) in [5.41, 5.74) is -0.672. The van der Waals surface area contributed by atoms with Crippen molar-refractivity contribution >= 4 is 5.90 Å². The molecule has 1 N–H and O–H groups in total. The van der Waals surface area contributed by atoms with Crippen molar-refractivity contribution in [1.29, 1.82) is 0 Å². The first kappa shape index (κ1) is 10.4. The zero-order valence-corrected chi connectivity index (χ0v) is 9.18. The topological polar surface area (TPSA) is 41.8 Å². The van der Waals surface area contributed by atoms with Crippen molar-refractivity contribution in [3.63, 3.8) is 0 Å². The molecule has 0 amide bonds. The maximum atomic E-state index is 9.68. The van der Waals surface area contributed by atoms with Crippen LogP contribution in [0.2, 0.25) is 0 Å². The molecule has 0 unspecified atom stereocenters. The Bertz CT molecular complexity index is 311. The van der Waals surface area contributed by atoms with Gasteiger partial charge in [0.05, 0.1) is 17.6 Å². The molecule has 1 aliphatic carbocycles. The molecule has 82 valence electrons. The Hall–Kier alpha value is -1.09. The van der Waals surface area contributed by atoms with Crippen LogP contribution in [0, 0.1) is 5.92 Å². The van der Waals surface area contributed by atoms with Crippen LogP contribution in [0.5, 0.6) is 0 Å². The van der Waals surface area contributed by atoms with Crippen LogP contribution in [0.3, 0.4) is 0 Å². The summed E-state index contributed by atoms with van der Waals surface area (Å²) in [4.78, 5) is 4.49. The van der Waals surface area contributed by atoms with Crippen LogP contribution >= 0.6 is 0 Å². The van der Waals surface area contributed by atoms with E-state index in [1.807, 2.05) is 12.2 Å². The molecule has 2 aliphatic rings. The highest BCUT2D eigenvalue weighted by molar-refractivity contribution is 5.84. The van der Waals surface area contributed by atoms with Gasteiger partial charge in [-0.15, -0.1) is 0 Å². The number of allylic oxidation sites excluding steroid dienone is 2. The molecule has 0 radical (unpaired) electrons. The summed E-state index contributed by atoms with van der Waals surface area (Å²) >= 11 is 0. The second kappa shape index (κ2) is 3.81. The number of aliphatic imine (C=N–C) groups is 1. The molecule has 2 rings (SSSR count). The van der Waals surface area contributed by atoms with E-state index in [-0.39, 0.29) is 12.0 Å². The fourth-order valence-corrected chi connectivity index (χ4v) is 1.90. The lowest BCUT2D eigenvalue weighted by molar-refractivity contribution is 0.0606. The van der Waals surface area contributed by atoms with Gasteiger partial charge in [0, 0.05) is 6.42 Å². The Kier molecular flexibility index (Phi) is 2.65. The van der Waals surface area contributed by atoms with E-state index in [0.29, 0.717) is 13.0 Å². The predicted molar refractivity (Wildman–Crippen MR) is 59.9 cm³/mol. The molecule has 0 saturated heterocycles. The van der Waals surface area contributed by atoms with Crippen LogP contribution in [0.25, 0.3) is 0 Å². The third kappa shape index (κ3) is 2.69. The summed E-state index contributed by atoms with van der Waals surface area (Å²) in [7, 11) is 0. The van der Waals surface area contributed by atoms with Gasteiger partial charge in [-0.2, -0.15) is 0 Å². The first-order valence-corrected chi connectivity index (χ1v) is 5.32. The number of hydrogen-bond acceptors (Lipinski definition) is 3. The molecule has 0 saturated carbocycles. The molecular weight excluding hydrogens is 190 g/mol. The van der Waals surface area contributed by atoms with Crippen molar-refractivity contribution in [1.82, 2.24) is 0 Å². The first-order valence-electron chi connectivity index (χ1n) is 5.32. The van der Waals surface area contributed by atoms with Gasteiger partial charge in [-0.05, 0) is 13.8 Å². The number of ether oxygens (including phenoxy) is 1. The van der Waals surface area contributed by atoms with Crippen molar-refractivity contribution in [2.45, 2.75) is 31.9 Å². The Labute approximate surface area is 90.2 Å². The van der Waals surface area contributed by atoms with E-state index >= 15 is 0 Å². The van der Waals surface area contributed by atoms with Gasteiger partial charge < -0.3 is 9.84 Å². The third-order valence-electron chi connectivity index (χ3n) is 2.50. The smallest absolute Gasteiger partial charge is 0.194 e. The van der Waals surface area contributed by atoms with Crippen molar-refractivity contribution in [2.24, 2.45) is 10.9 Å². The summed E-state index contributed by atoms with van der Waals surface area (Å²) in [6.45, 7) is 4.20. The minimum atomic E-state index is -0.672. The lowest BCUT2D eigenvalue weighted by Gasteiger charge is -2.18. The lowest BCUT2D eigenvalue weighted by Crippen LogP contribution is -2.25. The van der Waals surface area contributed by atoms with Gasteiger partial charge in [0.2, 0.25) is 0 Å². The minimum Gasteiger partial charge on any atom is -0.478 e. The highest BCUT2D eigenvalue weighted by Gasteiger charge is 2.28. The Morgan fingerprint density at radius 3 is 2.73 bits per heavy atom. The maximum absolute atomic E-state index is 9.68. The zero-order chi connectivity index (χ0) is 10.9. The molecule has 0 spiro atoms. The Balaban J connectivity index is 1.97. The molecule has 15 heavy (non-hydrogen) atoms. The first-order chi connectivity index (χ1) is 7.04. The molecule has 0 bridgehead atoms. The number of nitrogens with zero attached hydrogens (tertiary/aromatic N) is 1. The van der Waals surface area contributed by atoms with Crippen molar-refractivity contribution in [2.75, 3.05) is 6.61 Å². The van der Waals surface area contributed by atoms with E-state index in [1.165, 1.54) is 0 Å². The van der Waals surface area contributed by atoms with Crippen LogP contribution in [0.1, 0.15) is 20.3 Å². The van der Waals surface area contributed by atoms with E-state index < -0.39 is 5.60 Å². The quantitative estimate of drug-likeness (QED) is 0.765. The van der Waals surface area contributed by atoms with Crippen LogP contribution in [-0.2, 0) is 4.74 Å². The van der Waals surface area contributed by atoms with E-state index in [0.717, 1.165) is 5.90 Å². The standard InChI is InChI=1S/C12H17NO2/c1-12(2,14)7-10-8-15-11(13-10)9-5-3-4-6-9/h3-6,9-10,14H,7-8H2,1-2H3/t10-/m1/s1. The lowest BCUT2D eigenvalue weighted by atomic mass is 10.0. The summed E-state index contributed by atoms with van der Waals surface area (Å²) in [6, 6.07) is 0.0994. The monoisotopic (exact) mass is 207 g/mol. The average molecular weight is 207 g/mol. The number of hydrogen-bond donors (Lipinski definition) is 1. The molecule has 1 heterocycles. The zero-order valence-electron chi connectivity index (χ0n) is 9.18. The fourth-order valence-electron chi connectivity index (χ4n) is 1.90. The van der Waals surface area contributed by atoms with Crippen molar-refractivity contribution in [3.8, 4) is 0 Å². The summed E-state index contributed by atoms with van der Waals surface area (Å²) in [6.07, 6.45) is 8.77. The van der Waals surface area contributed by atoms with Crippen LogP contribution in [0.15, 0.2) is 29.3 Å². The van der Waals surface area contributed by atoms with E-state index in [4.69, 9.17) is 4.74 Å². The molecule has 3 nitrogen and oxygen atoms in total. The van der Waals surface area contributed by atoms with Crippen LogP contribution in [0.4, 0.5) is 0 Å². The van der Waals surface area contributed by atoms with Gasteiger partial charge >= 0.3 is 0 Å². The molecule has 0 aromatic rings. The van der Waals surface area contributed by atoms with Crippen molar-refractivity contribution in [3.05, 3.63) is 24.3 Å². The number of aliphatic hydroxyl groups is 1. The fraction of sp³-hybridized carbons (Fsp3) is 0.583. The van der Waals surface area contributed by atoms with E-state index in [1.54, 1.807) is 13.8 Å². The molecule has 0 aromatic carbocycles. The van der Waals surface area contributed by atoms with E-state index in [9.17, 15) is 5.11 Å². The molecule has 1 atom stereocenters. The van der Waals surface area contributed by atoms with E-state index in [2.05, 4.69) is 17.1 Å². The second-order valence-corrected chi connectivity index (χ2v) is 4.74. The van der Waals surface area contributed by atoms with Crippen LogP contribution in [-0.4, -0.2) is 29.3 Å². The highest BCUT2D eigenvalue weighted by atomic mass is 16.5. The Morgan fingerprint density at radius 2 is 2.13 bits per heavy atom. The van der Waals surface area contributed by atoms with Gasteiger partial charge in [-0.25, -0.2) is 4.99 Å². The SMILES string of the molecule is CC(C)(O)C[C@@H]1COC(C2C=CC=C2)=N1. The predicted octanol–water partition coefficient (Wildman–Crippen LogP) is 1.69. The summed E-state index contributed by atoms with van der Waals surface area (Å²) in [5.74, 6) is 0.992. The van der Waals surface area contributed by atoms with Gasteiger partial charge in [-0.1, -0.05) is 24.3 Å².